The van der Waals surface area contributed by atoms with Crippen molar-refractivity contribution < 1.29 is 4.79 Å². The molecular weight excluding hydrogens is 417 g/mol. The maximum Gasteiger partial charge on any atom is 0.222 e. The number of fused-ring (bicyclic) bond motifs is 2. The number of aryl methyl sites for hydroxylation is 2. The van der Waals surface area contributed by atoms with Crippen LogP contribution in [0.3, 0.4) is 0 Å². The van der Waals surface area contributed by atoms with Gasteiger partial charge in [-0.3, -0.25) is 9.78 Å². The van der Waals surface area contributed by atoms with E-state index in [-0.39, 0.29) is 5.92 Å². The predicted molar refractivity (Wildman–Crippen MR) is 130 cm³/mol. The topological polar surface area (TPSA) is 45.2 Å². The van der Waals surface area contributed by atoms with Gasteiger partial charge in [0.2, 0.25) is 5.91 Å². The number of nitrogens with zero attached hydrogens (tertiary/aromatic N) is 2. The molecule has 0 bridgehead atoms. The lowest BCUT2D eigenvalue weighted by Crippen LogP contribution is -2.41. The van der Waals surface area contributed by atoms with Gasteiger partial charge in [-0.1, -0.05) is 29.2 Å². The van der Waals surface area contributed by atoms with Gasteiger partial charge in [0.1, 0.15) is 7.85 Å². The number of hydrogen-bond acceptors (Lipinski definition) is 3. The second-order valence-corrected chi connectivity index (χ2v) is 10.2. The number of benzene rings is 1. The zero-order valence-electron chi connectivity index (χ0n) is 18.7. The molecule has 1 aliphatic carbocycles. The Morgan fingerprint density at radius 2 is 1.84 bits per heavy atom. The van der Waals surface area contributed by atoms with Crippen molar-refractivity contribution in [2.75, 3.05) is 26.2 Å². The fraction of sp³-hybridized carbons (Fsp3) is 0.538. The highest BCUT2D eigenvalue weighted by Gasteiger charge is 2.35. The Balaban J connectivity index is 1.35. The average molecular weight is 448 g/mol. The van der Waals surface area contributed by atoms with Crippen LogP contribution in [0.15, 0.2) is 30.5 Å². The first kappa shape index (κ1) is 22.0. The van der Waals surface area contributed by atoms with Gasteiger partial charge in [0.05, 0.1) is 5.69 Å². The van der Waals surface area contributed by atoms with Gasteiger partial charge in [-0.05, 0) is 92.3 Å². The van der Waals surface area contributed by atoms with Gasteiger partial charge in [-0.25, -0.2) is 0 Å². The van der Waals surface area contributed by atoms with Crippen LogP contribution in [0.2, 0.25) is 5.02 Å². The molecular formula is C26H31BClN3O. The molecule has 2 saturated heterocycles. The molecule has 4 nitrogen and oxygen atoms in total. The van der Waals surface area contributed by atoms with Gasteiger partial charge in [-0.15, -0.1) is 0 Å². The zero-order chi connectivity index (χ0) is 22.1. The quantitative estimate of drug-likeness (QED) is 0.734. The monoisotopic (exact) mass is 447 g/mol. The highest BCUT2D eigenvalue weighted by atomic mass is 35.5. The van der Waals surface area contributed by atoms with Crippen molar-refractivity contribution in [2.24, 2.45) is 11.8 Å². The molecule has 0 saturated carbocycles. The molecule has 6 heteroatoms. The molecule has 1 atom stereocenters. The van der Waals surface area contributed by atoms with Gasteiger partial charge in [-0.2, -0.15) is 0 Å². The molecule has 5 rings (SSSR count). The highest BCUT2D eigenvalue weighted by Crippen LogP contribution is 2.42. The Bertz CT molecular complexity index is 930. The first-order valence-corrected chi connectivity index (χ1v) is 12.5. The lowest BCUT2D eigenvalue weighted by atomic mass is 9.76. The molecule has 166 valence electrons. The Morgan fingerprint density at radius 1 is 1.09 bits per heavy atom. The molecule has 2 radical (unpaired) electrons. The molecule has 0 spiro atoms. The SMILES string of the molecule is [B]c1cnc2c(c1)CCc1cc(Cl)ccc1C2C1CCN(C(=O)CC2CCNCC2)CC1. The summed E-state index contributed by atoms with van der Waals surface area (Å²) in [6.45, 7) is 3.78. The number of hydrogen-bond donors (Lipinski definition) is 1. The van der Waals surface area contributed by atoms with Crippen LogP contribution in [0.1, 0.15) is 60.4 Å². The summed E-state index contributed by atoms with van der Waals surface area (Å²) in [6.07, 6.45) is 8.66. The van der Waals surface area contributed by atoms with E-state index in [1.165, 1.54) is 22.4 Å². The van der Waals surface area contributed by atoms with Crippen molar-refractivity contribution in [1.29, 1.82) is 0 Å². The first-order chi connectivity index (χ1) is 15.6. The standard InChI is InChI=1S/C26H31BClN3O/c27-21-14-20-2-1-19-15-22(28)3-4-23(19)25(26(20)30-16-21)18-7-11-31(12-8-18)24(32)13-17-5-9-29-10-6-17/h3-4,14-18,25,29H,1-2,5-13H2. The highest BCUT2D eigenvalue weighted by molar-refractivity contribution is 6.32. The van der Waals surface area contributed by atoms with Crippen LogP contribution in [-0.2, 0) is 17.6 Å². The molecule has 2 aromatic rings. The van der Waals surface area contributed by atoms with E-state index in [0.717, 1.165) is 75.2 Å². The fourth-order valence-corrected chi connectivity index (χ4v) is 6.15. The van der Waals surface area contributed by atoms with Crippen LogP contribution in [0, 0.1) is 11.8 Å². The molecule has 2 aliphatic heterocycles. The van der Waals surface area contributed by atoms with Gasteiger partial charge in [0.25, 0.3) is 0 Å². The van der Waals surface area contributed by atoms with Crippen molar-refractivity contribution in [1.82, 2.24) is 15.2 Å². The summed E-state index contributed by atoms with van der Waals surface area (Å²) in [6, 6.07) is 8.43. The van der Waals surface area contributed by atoms with E-state index >= 15 is 0 Å². The van der Waals surface area contributed by atoms with E-state index in [1.807, 2.05) is 6.07 Å². The summed E-state index contributed by atoms with van der Waals surface area (Å²) >= 11 is 6.35. The number of pyridine rings is 1. The number of aromatic nitrogens is 1. The van der Waals surface area contributed by atoms with Crippen LogP contribution in [0.25, 0.3) is 0 Å². The van der Waals surface area contributed by atoms with Crippen LogP contribution in [-0.4, -0.2) is 49.8 Å². The van der Waals surface area contributed by atoms with Crippen molar-refractivity contribution in [3.05, 3.63) is 57.9 Å². The van der Waals surface area contributed by atoms with E-state index < -0.39 is 0 Å². The van der Waals surface area contributed by atoms with E-state index in [0.29, 0.717) is 24.2 Å². The minimum absolute atomic E-state index is 0.238. The molecule has 3 heterocycles. The average Bonchev–Trinajstić information content (AvgIpc) is 2.96. The largest absolute Gasteiger partial charge is 0.343 e. The maximum absolute atomic E-state index is 12.9. The van der Waals surface area contributed by atoms with Gasteiger partial charge in [0.15, 0.2) is 0 Å². The fourth-order valence-electron chi connectivity index (χ4n) is 5.95. The summed E-state index contributed by atoms with van der Waals surface area (Å²) in [5.41, 5.74) is 5.82. The van der Waals surface area contributed by atoms with Crippen LogP contribution >= 0.6 is 11.6 Å². The second kappa shape index (κ2) is 9.57. The van der Waals surface area contributed by atoms with E-state index in [1.54, 1.807) is 6.20 Å². The van der Waals surface area contributed by atoms with Gasteiger partial charge >= 0.3 is 0 Å². The normalized spacial score (nSPS) is 22.2. The molecule has 1 N–H and O–H groups in total. The van der Waals surface area contributed by atoms with E-state index in [2.05, 4.69) is 28.4 Å². The van der Waals surface area contributed by atoms with Crippen molar-refractivity contribution in [2.45, 2.75) is 50.9 Å². The number of piperidine rings is 2. The van der Waals surface area contributed by atoms with E-state index in [9.17, 15) is 4.79 Å². The Hall–Kier alpha value is -1.85. The summed E-state index contributed by atoms with van der Waals surface area (Å²) in [5.74, 6) is 1.59. The third-order valence-corrected chi connectivity index (χ3v) is 7.94. The minimum atomic E-state index is 0.238. The van der Waals surface area contributed by atoms with Crippen LogP contribution in [0.4, 0.5) is 0 Å². The summed E-state index contributed by atoms with van der Waals surface area (Å²) in [7, 11) is 6.08. The summed E-state index contributed by atoms with van der Waals surface area (Å²) < 4.78 is 0. The number of nitrogens with one attached hydrogen (secondary N) is 1. The van der Waals surface area contributed by atoms with Crippen molar-refractivity contribution in [3.8, 4) is 0 Å². The third kappa shape index (κ3) is 4.60. The molecule has 1 unspecified atom stereocenters. The molecule has 1 aromatic carbocycles. The molecule has 32 heavy (non-hydrogen) atoms. The van der Waals surface area contributed by atoms with Crippen molar-refractivity contribution >= 4 is 30.8 Å². The molecule has 2 fully saturated rings. The number of amides is 1. The third-order valence-electron chi connectivity index (χ3n) is 7.71. The second-order valence-electron chi connectivity index (χ2n) is 9.75. The van der Waals surface area contributed by atoms with E-state index in [4.69, 9.17) is 24.4 Å². The zero-order valence-corrected chi connectivity index (χ0v) is 19.4. The Kier molecular flexibility index (Phi) is 6.57. The first-order valence-electron chi connectivity index (χ1n) is 12.1. The van der Waals surface area contributed by atoms with Gasteiger partial charge in [0, 0.05) is 36.6 Å². The number of likely N-dealkylation sites (tertiary alicyclic amines) is 1. The lowest BCUT2D eigenvalue weighted by molar-refractivity contribution is -0.133. The van der Waals surface area contributed by atoms with Gasteiger partial charge < -0.3 is 10.2 Å². The molecule has 1 amide bonds. The number of halogens is 1. The van der Waals surface area contributed by atoms with Crippen LogP contribution in [0.5, 0.6) is 0 Å². The summed E-state index contributed by atoms with van der Waals surface area (Å²) in [5, 5.41) is 4.18. The number of carbonyl (C=O) groups excluding carboxylic acids is 1. The van der Waals surface area contributed by atoms with Crippen molar-refractivity contribution in [3.63, 3.8) is 0 Å². The minimum Gasteiger partial charge on any atom is -0.343 e. The number of carbonyl (C=O) groups is 1. The molecule has 3 aliphatic rings. The maximum atomic E-state index is 12.9. The lowest BCUT2D eigenvalue weighted by Gasteiger charge is -2.37. The smallest absolute Gasteiger partial charge is 0.222 e. The summed E-state index contributed by atoms with van der Waals surface area (Å²) in [4.78, 5) is 19.9. The molecule has 1 aromatic heterocycles. The Labute approximate surface area is 197 Å². The predicted octanol–water partition coefficient (Wildman–Crippen LogP) is 3.39. The number of rotatable bonds is 3. The Morgan fingerprint density at radius 3 is 2.62 bits per heavy atom. The van der Waals surface area contributed by atoms with Crippen LogP contribution < -0.4 is 10.8 Å².